The molecular weight excluding hydrogens is 309 g/mol. The lowest BCUT2D eigenvalue weighted by Gasteiger charge is -2.11. The molecule has 0 aliphatic rings. The van der Waals surface area contributed by atoms with Gasteiger partial charge in [-0.1, -0.05) is 17.7 Å². The first kappa shape index (κ1) is 15.8. The van der Waals surface area contributed by atoms with E-state index in [2.05, 4.69) is 10.6 Å². The minimum Gasteiger partial charge on any atom is -0.375 e. The summed E-state index contributed by atoms with van der Waals surface area (Å²) in [6.45, 7) is -0.113. The number of anilines is 2. The van der Waals surface area contributed by atoms with Crippen molar-refractivity contribution in [2.75, 3.05) is 17.2 Å². The largest absolute Gasteiger partial charge is 0.375 e. The van der Waals surface area contributed by atoms with Gasteiger partial charge in [0.15, 0.2) is 0 Å². The Hall–Kier alpha value is -2.60. The number of nitrogens with two attached hydrogens (primary N) is 1. The number of amides is 2. The van der Waals surface area contributed by atoms with E-state index in [4.69, 9.17) is 17.3 Å². The lowest BCUT2D eigenvalue weighted by Crippen LogP contribution is -2.23. The van der Waals surface area contributed by atoms with Gasteiger partial charge in [-0.05, 0) is 36.4 Å². The van der Waals surface area contributed by atoms with Crippen LogP contribution in [0.4, 0.5) is 15.8 Å². The molecule has 2 aromatic rings. The number of primary amides is 1. The van der Waals surface area contributed by atoms with Gasteiger partial charge in [0.1, 0.15) is 5.82 Å². The van der Waals surface area contributed by atoms with E-state index in [1.54, 1.807) is 18.2 Å². The molecule has 0 spiro atoms. The van der Waals surface area contributed by atoms with E-state index < -0.39 is 17.6 Å². The van der Waals surface area contributed by atoms with Crippen LogP contribution >= 0.6 is 11.6 Å². The minimum atomic E-state index is -0.657. The van der Waals surface area contributed by atoms with Crippen LogP contribution in [0.2, 0.25) is 5.02 Å². The summed E-state index contributed by atoms with van der Waals surface area (Å²) in [6, 6.07) is 10.1. The van der Waals surface area contributed by atoms with Crippen molar-refractivity contribution in [3.05, 3.63) is 58.9 Å². The maximum absolute atomic E-state index is 13.0. The van der Waals surface area contributed by atoms with Gasteiger partial charge in [-0.3, -0.25) is 9.59 Å². The predicted molar refractivity (Wildman–Crippen MR) is 83.5 cm³/mol. The van der Waals surface area contributed by atoms with Crippen LogP contribution in [0.15, 0.2) is 42.5 Å². The molecule has 0 radical (unpaired) electrons. The molecule has 2 rings (SSSR count). The summed E-state index contributed by atoms with van der Waals surface area (Å²) in [7, 11) is 0. The van der Waals surface area contributed by atoms with Gasteiger partial charge < -0.3 is 16.4 Å². The van der Waals surface area contributed by atoms with Crippen molar-refractivity contribution >= 4 is 34.8 Å². The highest BCUT2D eigenvalue weighted by Crippen LogP contribution is 2.20. The summed E-state index contributed by atoms with van der Waals surface area (Å²) >= 11 is 5.80. The van der Waals surface area contributed by atoms with Crippen LogP contribution in [0.25, 0.3) is 0 Å². The average Bonchev–Trinajstić information content (AvgIpc) is 2.45. The van der Waals surface area contributed by atoms with Crippen molar-refractivity contribution in [3.8, 4) is 0 Å². The van der Waals surface area contributed by atoms with Crippen LogP contribution in [-0.4, -0.2) is 18.4 Å². The lowest BCUT2D eigenvalue weighted by molar-refractivity contribution is -0.114. The quantitative estimate of drug-likeness (QED) is 0.791. The summed E-state index contributed by atoms with van der Waals surface area (Å²) in [5.74, 6) is -1.49. The first-order valence-electron chi connectivity index (χ1n) is 6.34. The molecule has 4 N–H and O–H groups in total. The fraction of sp³-hybridized carbons (Fsp3) is 0.0667. The molecule has 7 heteroatoms. The van der Waals surface area contributed by atoms with Crippen molar-refractivity contribution in [3.63, 3.8) is 0 Å². The maximum Gasteiger partial charge on any atom is 0.250 e. The monoisotopic (exact) mass is 321 g/mol. The molecule has 114 valence electrons. The second-order valence-corrected chi connectivity index (χ2v) is 4.90. The van der Waals surface area contributed by atoms with Crippen molar-refractivity contribution < 1.29 is 14.0 Å². The molecule has 0 unspecified atom stereocenters. The van der Waals surface area contributed by atoms with Gasteiger partial charge in [0, 0.05) is 16.4 Å². The third-order valence-electron chi connectivity index (χ3n) is 2.79. The van der Waals surface area contributed by atoms with Crippen LogP contribution < -0.4 is 16.4 Å². The van der Waals surface area contributed by atoms with E-state index in [9.17, 15) is 14.0 Å². The Morgan fingerprint density at radius 2 is 1.95 bits per heavy atom. The number of nitrogens with one attached hydrogen (secondary N) is 2. The molecule has 0 heterocycles. The average molecular weight is 322 g/mol. The SMILES string of the molecule is NC(=O)c1cc(Cl)ccc1NCC(=O)Nc1cccc(F)c1. The Morgan fingerprint density at radius 3 is 2.64 bits per heavy atom. The first-order chi connectivity index (χ1) is 10.5. The van der Waals surface area contributed by atoms with E-state index in [0.717, 1.165) is 0 Å². The molecule has 5 nitrogen and oxygen atoms in total. The van der Waals surface area contributed by atoms with E-state index >= 15 is 0 Å². The number of rotatable bonds is 5. The number of carbonyl (C=O) groups excluding carboxylic acids is 2. The fourth-order valence-corrected chi connectivity index (χ4v) is 1.99. The topological polar surface area (TPSA) is 84.2 Å². The van der Waals surface area contributed by atoms with Crippen LogP contribution in [0.1, 0.15) is 10.4 Å². The summed E-state index contributed by atoms with van der Waals surface area (Å²) in [4.78, 5) is 23.1. The van der Waals surface area contributed by atoms with Crippen molar-refractivity contribution in [1.29, 1.82) is 0 Å². The molecule has 0 aromatic heterocycles. The molecule has 0 saturated carbocycles. The van der Waals surface area contributed by atoms with Gasteiger partial charge in [-0.2, -0.15) is 0 Å². The molecule has 0 saturated heterocycles. The Labute approximate surface area is 131 Å². The molecule has 2 aromatic carbocycles. The third kappa shape index (κ3) is 4.20. The zero-order valence-corrected chi connectivity index (χ0v) is 12.2. The maximum atomic E-state index is 13.0. The Morgan fingerprint density at radius 1 is 1.18 bits per heavy atom. The molecule has 0 bridgehead atoms. The van der Waals surface area contributed by atoms with Crippen LogP contribution in [-0.2, 0) is 4.79 Å². The highest BCUT2D eigenvalue weighted by atomic mass is 35.5. The van der Waals surface area contributed by atoms with Crippen LogP contribution in [0.5, 0.6) is 0 Å². The van der Waals surface area contributed by atoms with Gasteiger partial charge in [0.25, 0.3) is 5.91 Å². The summed E-state index contributed by atoms with van der Waals surface area (Å²) in [6.07, 6.45) is 0. The number of benzene rings is 2. The smallest absolute Gasteiger partial charge is 0.250 e. The third-order valence-corrected chi connectivity index (χ3v) is 3.03. The minimum absolute atomic E-state index is 0.113. The Kier molecular flexibility index (Phi) is 4.95. The lowest BCUT2D eigenvalue weighted by atomic mass is 10.1. The van der Waals surface area contributed by atoms with Gasteiger partial charge in [-0.15, -0.1) is 0 Å². The molecule has 0 fully saturated rings. The molecule has 22 heavy (non-hydrogen) atoms. The normalized spacial score (nSPS) is 10.1. The van der Waals surface area contributed by atoms with Crippen molar-refractivity contribution in [2.45, 2.75) is 0 Å². The second-order valence-electron chi connectivity index (χ2n) is 4.47. The van der Waals surface area contributed by atoms with Crippen molar-refractivity contribution in [2.24, 2.45) is 5.73 Å². The van der Waals surface area contributed by atoms with Gasteiger partial charge in [0.05, 0.1) is 12.1 Å². The summed E-state index contributed by atoms with van der Waals surface area (Å²) < 4.78 is 13.0. The standard InChI is InChI=1S/C15H13ClFN3O2/c16-9-4-5-13(12(6-9)15(18)22)19-8-14(21)20-11-3-1-2-10(17)7-11/h1-7,19H,8H2,(H2,18,22)(H,20,21). The van der Waals surface area contributed by atoms with E-state index in [0.29, 0.717) is 16.4 Å². The predicted octanol–water partition coefficient (Wildman–Crippen LogP) is 2.63. The molecule has 0 aliphatic carbocycles. The van der Waals surface area contributed by atoms with E-state index in [1.807, 2.05) is 0 Å². The van der Waals surface area contributed by atoms with Gasteiger partial charge in [-0.25, -0.2) is 4.39 Å². The second kappa shape index (κ2) is 6.91. The molecule has 0 aliphatic heterocycles. The number of hydrogen-bond donors (Lipinski definition) is 3. The molecule has 2 amide bonds. The Bertz CT molecular complexity index is 722. The molecular formula is C15H13ClFN3O2. The fourth-order valence-electron chi connectivity index (χ4n) is 1.82. The summed E-state index contributed by atoms with van der Waals surface area (Å²) in [5.41, 5.74) is 6.18. The van der Waals surface area contributed by atoms with Crippen LogP contribution in [0.3, 0.4) is 0 Å². The number of carbonyl (C=O) groups is 2. The van der Waals surface area contributed by atoms with Crippen LogP contribution in [0, 0.1) is 5.82 Å². The van der Waals surface area contributed by atoms with E-state index in [1.165, 1.54) is 24.3 Å². The number of halogens is 2. The van der Waals surface area contributed by atoms with Gasteiger partial charge in [0.2, 0.25) is 5.91 Å². The summed E-state index contributed by atoms with van der Waals surface area (Å²) in [5, 5.41) is 5.68. The zero-order valence-electron chi connectivity index (χ0n) is 11.4. The highest BCUT2D eigenvalue weighted by molar-refractivity contribution is 6.31. The van der Waals surface area contributed by atoms with E-state index in [-0.39, 0.29) is 12.1 Å². The zero-order chi connectivity index (χ0) is 16.1. The van der Waals surface area contributed by atoms with Crippen molar-refractivity contribution in [1.82, 2.24) is 0 Å². The number of hydrogen-bond acceptors (Lipinski definition) is 3. The molecule has 0 atom stereocenters. The first-order valence-corrected chi connectivity index (χ1v) is 6.72. The highest BCUT2D eigenvalue weighted by Gasteiger charge is 2.10. The Balaban J connectivity index is 2.01. The van der Waals surface area contributed by atoms with Gasteiger partial charge >= 0.3 is 0 Å².